The normalized spacial score (nSPS) is 17.8. The molecule has 1 atom stereocenters. The van der Waals surface area contributed by atoms with Crippen LogP contribution in [-0.2, 0) is 30.7 Å². The van der Waals surface area contributed by atoms with Crippen molar-refractivity contribution in [1.82, 2.24) is 10.3 Å². The molecule has 1 aromatic carbocycles. The number of carboxylic acid groups (broad SMARTS) is 1. The first-order valence-corrected chi connectivity index (χ1v) is 8.90. The Morgan fingerprint density at radius 3 is 2.96 bits per heavy atom. The van der Waals surface area contributed by atoms with E-state index in [4.69, 9.17) is 4.65 Å². The zero-order chi connectivity index (χ0) is 19.0. The molecule has 2 aromatic rings. The van der Waals surface area contributed by atoms with E-state index in [1.165, 1.54) is 6.07 Å². The second kappa shape index (κ2) is 7.13. The molecule has 0 saturated carbocycles. The number of nitrogens with one attached hydrogen (secondary N) is 1. The topological polar surface area (TPSA) is 109 Å². The fraction of sp³-hybridized carbons (Fsp3) is 0.316. The van der Waals surface area contributed by atoms with Gasteiger partial charge in [-0.1, -0.05) is 18.2 Å². The lowest BCUT2D eigenvalue weighted by atomic mass is 9.64. The van der Waals surface area contributed by atoms with Crippen LogP contribution in [0.1, 0.15) is 39.2 Å². The number of benzene rings is 1. The van der Waals surface area contributed by atoms with Crippen molar-refractivity contribution < 1.29 is 24.4 Å². The standard InChI is InChI=1S/C19H19BN2O5/c23-15(5-11-4-13-9-21-10-17(13)22-8-11)7-14-6-12-2-1-3-16(19(24)25)18(12)27-20(14)26/h1-4,8,14,21,26H,5-7,9-10H2,(H,24,25)/t14-/m1/s1. The fourth-order valence-corrected chi connectivity index (χ4v) is 3.73. The lowest BCUT2D eigenvalue weighted by Gasteiger charge is -2.28. The SMILES string of the molecule is O=C(Cc1cnc2c(c1)CNC2)C[C@H]1Cc2cccc(C(=O)O)c2OB1O. The minimum Gasteiger partial charge on any atom is -0.535 e. The fourth-order valence-electron chi connectivity index (χ4n) is 3.73. The number of ketones is 1. The van der Waals surface area contributed by atoms with Gasteiger partial charge in [-0.3, -0.25) is 9.78 Å². The van der Waals surface area contributed by atoms with Crippen LogP contribution in [0.3, 0.4) is 0 Å². The van der Waals surface area contributed by atoms with Crippen LogP contribution < -0.4 is 9.97 Å². The van der Waals surface area contributed by atoms with E-state index in [-0.39, 0.29) is 29.9 Å². The third-order valence-electron chi connectivity index (χ3n) is 5.07. The number of hydrogen-bond acceptors (Lipinski definition) is 6. The van der Waals surface area contributed by atoms with Gasteiger partial charge >= 0.3 is 13.1 Å². The van der Waals surface area contributed by atoms with Crippen LogP contribution in [0.4, 0.5) is 0 Å². The van der Waals surface area contributed by atoms with Gasteiger partial charge in [-0.2, -0.15) is 0 Å². The van der Waals surface area contributed by atoms with E-state index in [0.717, 1.165) is 29.9 Å². The van der Waals surface area contributed by atoms with E-state index in [1.807, 2.05) is 6.07 Å². The van der Waals surface area contributed by atoms with Crippen molar-refractivity contribution in [2.45, 2.75) is 38.2 Å². The Kier molecular flexibility index (Phi) is 4.67. The van der Waals surface area contributed by atoms with Gasteiger partial charge in [-0.25, -0.2) is 4.79 Å². The summed E-state index contributed by atoms with van der Waals surface area (Å²) in [5.74, 6) is -1.32. The molecule has 4 rings (SSSR count). The Bertz CT molecular complexity index is 917. The summed E-state index contributed by atoms with van der Waals surface area (Å²) < 4.78 is 5.45. The minimum atomic E-state index is -1.20. The number of para-hydroxylation sites is 1. The highest BCUT2D eigenvalue weighted by Gasteiger charge is 2.37. The van der Waals surface area contributed by atoms with E-state index in [1.54, 1.807) is 18.3 Å². The molecule has 3 heterocycles. The molecule has 27 heavy (non-hydrogen) atoms. The molecule has 2 aliphatic heterocycles. The molecular weight excluding hydrogens is 347 g/mol. The molecule has 7 nitrogen and oxygen atoms in total. The lowest BCUT2D eigenvalue weighted by Crippen LogP contribution is -2.36. The van der Waals surface area contributed by atoms with Gasteiger partial charge in [0.2, 0.25) is 0 Å². The smallest absolute Gasteiger partial charge is 0.526 e. The quantitative estimate of drug-likeness (QED) is 0.686. The maximum absolute atomic E-state index is 12.5. The maximum Gasteiger partial charge on any atom is 0.526 e. The van der Waals surface area contributed by atoms with E-state index in [9.17, 15) is 19.7 Å². The first-order chi connectivity index (χ1) is 13.0. The highest BCUT2D eigenvalue weighted by molar-refractivity contribution is 6.47. The third kappa shape index (κ3) is 3.58. The van der Waals surface area contributed by atoms with Crippen LogP contribution in [-0.4, -0.2) is 34.0 Å². The number of pyridine rings is 1. The summed E-state index contributed by atoms with van der Waals surface area (Å²) in [5.41, 5.74) is 3.73. The summed E-state index contributed by atoms with van der Waals surface area (Å²) in [6, 6.07) is 6.85. The van der Waals surface area contributed by atoms with Crippen LogP contribution in [0, 0.1) is 0 Å². The largest absolute Gasteiger partial charge is 0.535 e. The van der Waals surface area contributed by atoms with Gasteiger partial charge in [0, 0.05) is 37.9 Å². The molecule has 138 valence electrons. The second-order valence-electron chi connectivity index (χ2n) is 7.04. The minimum absolute atomic E-state index is 0.00630. The van der Waals surface area contributed by atoms with Gasteiger partial charge in [0.15, 0.2) is 0 Å². The summed E-state index contributed by atoms with van der Waals surface area (Å²) >= 11 is 0. The van der Waals surface area contributed by atoms with Gasteiger partial charge in [0.25, 0.3) is 0 Å². The molecule has 0 radical (unpaired) electrons. The molecule has 0 aliphatic carbocycles. The third-order valence-corrected chi connectivity index (χ3v) is 5.07. The van der Waals surface area contributed by atoms with Crippen LogP contribution in [0.2, 0.25) is 5.82 Å². The van der Waals surface area contributed by atoms with Gasteiger partial charge in [-0.05, 0) is 29.2 Å². The number of nitrogens with zero attached hydrogens (tertiary/aromatic N) is 1. The zero-order valence-corrected chi connectivity index (χ0v) is 14.6. The van der Waals surface area contributed by atoms with Gasteiger partial charge in [-0.15, -0.1) is 0 Å². The number of hydrogen-bond donors (Lipinski definition) is 3. The molecule has 0 bridgehead atoms. The number of Topliss-reactive ketones (excluding diaryl/α,β-unsaturated/α-hetero) is 1. The molecule has 0 fully saturated rings. The lowest BCUT2D eigenvalue weighted by molar-refractivity contribution is -0.118. The molecule has 0 amide bonds. The molecule has 8 heteroatoms. The highest BCUT2D eigenvalue weighted by Crippen LogP contribution is 2.36. The van der Waals surface area contributed by atoms with Crippen molar-refractivity contribution in [2.75, 3.05) is 0 Å². The number of carbonyl (C=O) groups is 2. The second-order valence-corrected chi connectivity index (χ2v) is 7.04. The van der Waals surface area contributed by atoms with E-state index >= 15 is 0 Å². The van der Waals surface area contributed by atoms with Crippen molar-refractivity contribution in [3.8, 4) is 5.75 Å². The summed E-state index contributed by atoms with van der Waals surface area (Å²) in [7, 11) is -1.20. The molecule has 3 N–H and O–H groups in total. The van der Waals surface area contributed by atoms with Crippen molar-refractivity contribution in [3.63, 3.8) is 0 Å². The van der Waals surface area contributed by atoms with Gasteiger partial charge < -0.3 is 20.1 Å². The molecule has 0 spiro atoms. The van der Waals surface area contributed by atoms with E-state index in [0.29, 0.717) is 12.0 Å². The predicted octanol–water partition coefficient (Wildman–Crippen LogP) is 1.37. The number of carbonyl (C=O) groups excluding carboxylic acids is 1. The van der Waals surface area contributed by atoms with Crippen LogP contribution in [0.25, 0.3) is 0 Å². The summed E-state index contributed by atoms with van der Waals surface area (Å²) in [4.78, 5) is 28.2. The van der Waals surface area contributed by atoms with Crippen molar-refractivity contribution in [3.05, 3.63) is 58.4 Å². The van der Waals surface area contributed by atoms with Gasteiger partial charge in [0.05, 0.1) is 11.3 Å². The average molecular weight is 366 g/mol. The summed E-state index contributed by atoms with van der Waals surface area (Å²) in [6.45, 7) is 1.52. The van der Waals surface area contributed by atoms with E-state index < -0.39 is 18.9 Å². The number of fused-ring (bicyclic) bond motifs is 2. The molecule has 0 unspecified atom stereocenters. The number of carboxylic acids is 1. The first kappa shape index (κ1) is 17.7. The van der Waals surface area contributed by atoms with E-state index in [2.05, 4.69) is 10.3 Å². The predicted molar refractivity (Wildman–Crippen MR) is 97.6 cm³/mol. The van der Waals surface area contributed by atoms with Crippen molar-refractivity contribution >= 4 is 18.9 Å². The number of rotatable bonds is 5. The molecule has 2 aliphatic rings. The Balaban J connectivity index is 1.44. The number of aromatic nitrogens is 1. The van der Waals surface area contributed by atoms with Crippen molar-refractivity contribution in [2.24, 2.45) is 0 Å². The Labute approximate surface area is 156 Å². The Hall–Kier alpha value is -2.71. The average Bonchev–Trinajstić information content (AvgIpc) is 3.09. The monoisotopic (exact) mass is 366 g/mol. The van der Waals surface area contributed by atoms with Crippen LogP contribution >= 0.6 is 0 Å². The Morgan fingerprint density at radius 2 is 2.15 bits per heavy atom. The maximum atomic E-state index is 12.5. The first-order valence-electron chi connectivity index (χ1n) is 8.90. The summed E-state index contributed by atoms with van der Waals surface area (Å²) in [6.07, 6.45) is 2.54. The summed E-state index contributed by atoms with van der Waals surface area (Å²) in [5, 5.41) is 22.7. The van der Waals surface area contributed by atoms with Gasteiger partial charge in [0.1, 0.15) is 11.5 Å². The Morgan fingerprint density at radius 1 is 1.30 bits per heavy atom. The molecule has 1 aromatic heterocycles. The number of aromatic carboxylic acids is 1. The molecule has 0 saturated heterocycles. The van der Waals surface area contributed by atoms with Crippen LogP contribution in [0.15, 0.2) is 30.5 Å². The molecular formula is C19H19BN2O5. The van der Waals surface area contributed by atoms with Crippen molar-refractivity contribution in [1.29, 1.82) is 0 Å². The van der Waals surface area contributed by atoms with Crippen LogP contribution in [0.5, 0.6) is 5.75 Å². The zero-order valence-electron chi connectivity index (χ0n) is 14.6. The highest BCUT2D eigenvalue weighted by atomic mass is 16.5.